The fraction of sp³-hybridized carbons (Fsp3) is 0.125. The van der Waals surface area contributed by atoms with Crippen molar-refractivity contribution < 1.29 is 9.59 Å². The molecular formula is C24H19ClN4O2. The number of hydrogen-bond donors (Lipinski definition) is 1. The molecular weight excluding hydrogens is 412 g/mol. The third-order valence-corrected chi connectivity index (χ3v) is 5.23. The Morgan fingerprint density at radius 2 is 1.68 bits per heavy atom. The Kier molecular flexibility index (Phi) is 6.00. The molecule has 2 aromatic heterocycles. The second kappa shape index (κ2) is 9.02. The van der Waals surface area contributed by atoms with E-state index >= 15 is 0 Å². The van der Waals surface area contributed by atoms with Crippen molar-refractivity contribution in [3.8, 4) is 0 Å². The van der Waals surface area contributed by atoms with Gasteiger partial charge >= 0.3 is 0 Å². The summed E-state index contributed by atoms with van der Waals surface area (Å²) in [6.45, 7) is 0. The lowest BCUT2D eigenvalue weighted by molar-refractivity contribution is 0.0984. The van der Waals surface area contributed by atoms with Crippen molar-refractivity contribution in [1.82, 2.24) is 15.0 Å². The quantitative estimate of drug-likeness (QED) is 0.353. The molecule has 0 aliphatic rings. The highest BCUT2D eigenvalue weighted by atomic mass is 35.5. The molecule has 2 aromatic carbocycles. The van der Waals surface area contributed by atoms with E-state index in [4.69, 9.17) is 17.3 Å². The standard InChI is InChI=1S/C24H19ClN4O2/c25-22-9-3-8-20(29-22)21(30)13-16-5-1-4-15(12-16)10-11-19-17-6-2-7-18(24(26)31)23(17)28-14-27-19/h1-9,12,14H,10-11,13H2,(H2,26,31). The topological polar surface area (TPSA) is 98.8 Å². The number of nitrogens with zero attached hydrogens (tertiary/aromatic N) is 3. The van der Waals surface area contributed by atoms with Gasteiger partial charge in [-0.1, -0.05) is 54.1 Å². The van der Waals surface area contributed by atoms with Crippen LogP contribution >= 0.6 is 11.6 Å². The van der Waals surface area contributed by atoms with Crippen molar-refractivity contribution in [3.05, 3.63) is 100 Å². The third-order valence-electron chi connectivity index (χ3n) is 5.02. The first kappa shape index (κ1) is 20.6. The van der Waals surface area contributed by atoms with Crippen molar-refractivity contribution in [2.24, 2.45) is 5.73 Å². The monoisotopic (exact) mass is 430 g/mol. The van der Waals surface area contributed by atoms with Crippen LogP contribution < -0.4 is 5.73 Å². The number of benzene rings is 2. The van der Waals surface area contributed by atoms with Crippen LogP contribution in [0.5, 0.6) is 0 Å². The SMILES string of the molecule is NC(=O)c1cccc2c(CCc3cccc(CC(=O)c4cccc(Cl)n4)c3)ncnc12. The van der Waals surface area contributed by atoms with Gasteiger partial charge in [-0.25, -0.2) is 15.0 Å². The number of carbonyl (C=O) groups is 2. The predicted molar refractivity (Wildman–Crippen MR) is 119 cm³/mol. The summed E-state index contributed by atoms with van der Waals surface area (Å²) < 4.78 is 0. The normalized spacial score (nSPS) is 10.9. The van der Waals surface area contributed by atoms with Crippen LogP contribution in [0.4, 0.5) is 0 Å². The first-order valence-corrected chi connectivity index (χ1v) is 10.1. The number of nitrogens with two attached hydrogens (primary N) is 1. The molecule has 7 heteroatoms. The van der Waals surface area contributed by atoms with E-state index in [1.54, 1.807) is 30.3 Å². The van der Waals surface area contributed by atoms with Gasteiger partial charge in [0.15, 0.2) is 5.78 Å². The van der Waals surface area contributed by atoms with Gasteiger partial charge in [0.2, 0.25) is 0 Å². The molecule has 2 N–H and O–H groups in total. The Labute approximate surface area is 184 Å². The number of para-hydroxylation sites is 1. The smallest absolute Gasteiger partial charge is 0.250 e. The van der Waals surface area contributed by atoms with Crippen molar-refractivity contribution in [1.29, 1.82) is 0 Å². The largest absolute Gasteiger partial charge is 0.366 e. The Bertz CT molecular complexity index is 1290. The summed E-state index contributed by atoms with van der Waals surface area (Å²) in [6.07, 6.45) is 3.09. The van der Waals surface area contributed by atoms with E-state index in [0.717, 1.165) is 28.6 Å². The molecule has 0 saturated heterocycles. The van der Waals surface area contributed by atoms with Crippen LogP contribution in [-0.2, 0) is 19.3 Å². The van der Waals surface area contributed by atoms with Crippen molar-refractivity contribution in [2.75, 3.05) is 0 Å². The molecule has 0 radical (unpaired) electrons. The molecule has 2 heterocycles. The summed E-state index contributed by atoms with van der Waals surface area (Å²) in [6, 6.07) is 18.3. The highest BCUT2D eigenvalue weighted by Gasteiger charge is 2.12. The van der Waals surface area contributed by atoms with Crippen molar-refractivity contribution in [2.45, 2.75) is 19.3 Å². The summed E-state index contributed by atoms with van der Waals surface area (Å²) in [7, 11) is 0. The van der Waals surface area contributed by atoms with Gasteiger partial charge in [-0.15, -0.1) is 0 Å². The highest BCUT2D eigenvalue weighted by molar-refractivity contribution is 6.29. The van der Waals surface area contributed by atoms with Gasteiger partial charge in [0.25, 0.3) is 5.91 Å². The predicted octanol–water partition coefficient (Wildman–Crippen LogP) is 3.99. The van der Waals surface area contributed by atoms with E-state index < -0.39 is 5.91 Å². The number of amides is 1. The van der Waals surface area contributed by atoms with Gasteiger partial charge in [0.1, 0.15) is 17.2 Å². The molecule has 4 rings (SSSR count). The van der Waals surface area contributed by atoms with Crippen LogP contribution in [-0.4, -0.2) is 26.6 Å². The van der Waals surface area contributed by atoms with E-state index in [-0.39, 0.29) is 12.2 Å². The van der Waals surface area contributed by atoms with Gasteiger partial charge in [0.05, 0.1) is 16.8 Å². The van der Waals surface area contributed by atoms with E-state index in [1.165, 1.54) is 6.33 Å². The minimum atomic E-state index is -0.512. The maximum absolute atomic E-state index is 12.5. The van der Waals surface area contributed by atoms with Crippen LogP contribution in [0.15, 0.2) is 67.0 Å². The Hall–Kier alpha value is -3.64. The van der Waals surface area contributed by atoms with Crippen molar-refractivity contribution >= 4 is 34.2 Å². The number of aryl methyl sites for hydroxylation is 2. The number of ketones is 1. The van der Waals surface area contributed by atoms with Crippen LogP contribution in [0.2, 0.25) is 5.15 Å². The first-order chi connectivity index (χ1) is 15.0. The molecule has 0 bridgehead atoms. The van der Waals surface area contributed by atoms with Crippen LogP contribution in [0.3, 0.4) is 0 Å². The van der Waals surface area contributed by atoms with Gasteiger partial charge in [-0.05, 0) is 42.2 Å². The molecule has 154 valence electrons. The number of primary amides is 1. The fourth-order valence-electron chi connectivity index (χ4n) is 3.54. The van der Waals surface area contributed by atoms with Crippen LogP contribution in [0.25, 0.3) is 10.9 Å². The maximum Gasteiger partial charge on any atom is 0.250 e. The fourth-order valence-corrected chi connectivity index (χ4v) is 3.70. The Morgan fingerprint density at radius 1 is 0.903 bits per heavy atom. The molecule has 6 nitrogen and oxygen atoms in total. The average Bonchev–Trinajstić information content (AvgIpc) is 2.77. The zero-order chi connectivity index (χ0) is 21.8. The van der Waals surface area contributed by atoms with E-state index in [1.807, 2.05) is 30.3 Å². The highest BCUT2D eigenvalue weighted by Crippen LogP contribution is 2.20. The first-order valence-electron chi connectivity index (χ1n) is 9.77. The number of hydrogen-bond acceptors (Lipinski definition) is 5. The molecule has 0 saturated carbocycles. The summed E-state index contributed by atoms with van der Waals surface area (Å²) in [4.78, 5) is 36.9. The number of Topliss-reactive ketones (excluding diaryl/α,β-unsaturated/α-hetero) is 1. The maximum atomic E-state index is 12.5. The molecule has 0 aliphatic heterocycles. The van der Waals surface area contributed by atoms with E-state index in [0.29, 0.717) is 28.3 Å². The molecule has 1 amide bonds. The molecule has 0 atom stereocenters. The minimum absolute atomic E-state index is 0.0829. The molecule has 0 fully saturated rings. The number of aromatic nitrogens is 3. The molecule has 0 aliphatic carbocycles. The lowest BCUT2D eigenvalue weighted by Crippen LogP contribution is -2.12. The Balaban J connectivity index is 1.51. The van der Waals surface area contributed by atoms with Crippen LogP contribution in [0.1, 0.15) is 37.7 Å². The number of pyridine rings is 1. The number of rotatable bonds is 7. The Morgan fingerprint density at radius 3 is 2.48 bits per heavy atom. The molecule has 31 heavy (non-hydrogen) atoms. The number of halogens is 1. The van der Waals surface area contributed by atoms with Crippen LogP contribution in [0, 0.1) is 0 Å². The second-order valence-electron chi connectivity index (χ2n) is 7.15. The summed E-state index contributed by atoms with van der Waals surface area (Å²) in [5.41, 5.74) is 9.61. The average molecular weight is 431 g/mol. The molecule has 0 spiro atoms. The van der Waals surface area contributed by atoms with Gasteiger partial charge < -0.3 is 5.73 Å². The van der Waals surface area contributed by atoms with E-state index in [2.05, 4.69) is 15.0 Å². The lowest BCUT2D eigenvalue weighted by atomic mass is 9.99. The number of fused-ring (bicyclic) bond motifs is 1. The summed E-state index contributed by atoms with van der Waals surface area (Å²) in [5.74, 6) is -0.595. The summed E-state index contributed by atoms with van der Waals surface area (Å²) in [5, 5.41) is 1.12. The molecule has 4 aromatic rings. The van der Waals surface area contributed by atoms with Crippen molar-refractivity contribution in [3.63, 3.8) is 0 Å². The zero-order valence-electron chi connectivity index (χ0n) is 16.6. The van der Waals surface area contributed by atoms with Gasteiger partial charge in [-0.2, -0.15) is 0 Å². The van der Waals surface area contributed by atoms with Gasteiger partial charge in [0, 0.05) is 11.8 Å². The number of carbonyl (C=O) groups excluding carboxylic acids is 2. The lowest BCUT2D eigenvalue weighted by Gasteiger charge is -2.08. The van der Waals surface area contributed by atoms with E-state index in [9.17, 15) is 9.59 Å². The zero-order valence-corrected chi connectivity index (χ0v) is 17.3. The van der Waals surface area contributed by atoms with Gasteiger partial charge in [-0.3, -0.25) is 9.59 Å². The third kappa shape index (κ3) is 4.75. The summed E-state index contributed by atoms with van der Waals surface area (Å²) >= 11 is 5.89. The molecule has 0 unspecified atom stereocenters. The minimum Gasteiger partial charge on any atom is -0.366 e. The second-order valence-corrected chi connectivity index (χ2v) is 7.54.